The number of alkyl halides is 6. The molecule has 0 saturated heterocycles. The molecule has 23 heavy (non-hydrogen) atoms. The van der Waals surface area contributed by atoms with Crippen LogP contribution in [0.2, 0.25) is 0 Å². The van der Waals surface area contributed by atoms with Gasteiger partial charge >= 0.3 is 12.1 Å². The van der Waals surface area contributed by atoms with Crippen LogP contribution in [0.5, 0.6) is 5.75 Å². The van der Waals surface area contributed by atoms with Crippen LogP contribution in [0.15, 0.2) is 17.0 Å². The largest absolute Gasteiger partial charge is 0.484 e. The first-order valence-corrected chi connectivity index (χ1v) is 7.92. The van der Waals surface area contributed by atoms with E-state index in [0.29, 0.717) is 18.4 Å². The topological polar surface area (TPSA) is 63.6 Å². The van der Waals surface area contributed by atoms with Gasteiger partial charge in [0.15, 0.2) is 22.6 Å². The highest BCUT2D eigenvalue weighted by Gasteiger charge is 2.59. The molecule has 0 radical (unpaired) electrons. The van der Waals surface area contributed by atoms with Crippen molar-refractivity contribution in [3.63, 3.8) is 0 Å². The number of benzene rings is 1. The normalized spacial score (nSPS) is 23.7. The summed E-state index contributed by atoms with van der Waals surface area (Å²) in [5, 5.41) is 9.54. The zero-order chi connectivity index (χ0) is 17.8. The molecule has 4 nitrogen and oxygen atoms in total. The predicted molar refractivity (Wildman–Crippen MR) is 64.9 cm³/mol. The highest BCUT2D eigenvalue weighted by molar-refractivity contribution is 7.90. The molecule has 11 heteroatoms. The highest BCUT2D eigenvalue weighted by Crippen LogP contribution is 2.56. The van der Waals surface area contributed by atoms with Crippen LogP contribution in [0.1, 0.15) is 23.4 Å². The molecule has 2 rings (SSSR count). The first kappa shape index (κ1) is 17.9. The minimum atomic E-state index is -4.81. The molecule has 1 aromatic carbocycles. The fourth-order valence-electron chi connectivity index (χ4n) is 2.27. The summed E-state index contributed by atoms with van der Waals surface area (Å²) in [5.41, 5.74) is -2.07. The zero-order valence-corrected chi connectivity index (χ0v) is 12.2. The van der Waals surface area contributed by atoms with Crippen LogP contribution in [0.3, 0.4) is 0 Å². The number of rotatable bonds is 3. The predicted octanol–water partition coefficient (Wildman–Crippen LogP) is 2.72. The van der Waals surface area contributed by atoms with Crippen molar-refractivity contribution in [3.05, 3.63) is 23.3 Å². The Labute approximate surface area is 126 Å². The average Bonchev–Trinajstić information content (AvgIpc) is 2.56. The molecule has 130 valence electrons. The van der Waals surface area contributed by atoms with Crippen LogP contribution < -0.4 is 4.74 Å². The lowest BCUT2D eigenvalue weighted by molar-refractivity contribution is -0.154. The number of halogens is 6. The van der Waals surface area contributed by atoms with E-state index < -0.39 is 62.6 Å². The Kier molecular flexibility index (Phi) is 4.09. The van der Waals surface area contributed by atoms with E-state index in [0.717, 1.165) is 0 Å². The molecule has 1 aromatic rings. The Bertz CT molecular complexity index is 728. The lowest BCUT2D eigenvalue weighted by Crippen LogP contribution is -2.24. The van der Waals surface area contributed by atoms with Crippen molar-refractivity contribution in [2.24, 2.45) is 0 Å². The summed E-state index contributed by atoms with van der Waals surface area (Å²) in [4.78, 5) is -0.792. The number of aliphatic hydroxyl groups excluding tert-OH is 1. The molecule has 2 atom stereocenters. The Hall–Kier alpha value is -1.49. The molecule has 1 aliphatic rings. The average molecular weight is 364 g/mol. The van der Waals surface area contributed by atoms with Gasteiger partial charge in [-0.25, -0.2) is 12.8 Å². The van der Waals surface area contributed by atoms with Crippen LogP contribution in [-0.2, 0) is 9.84 Å². The summed E-state index contributed by atoms with van der Waals surface area (Å²) in [5.74, 6) is -5.28. The molecule has 1 aliphatic carbocycles. The first-order chi connectivity index (χ1) is 10.3. The van der Waals surface area contributed by atoms with Crippen LogP contribution in [-0.4, -0.2) is 38.5 Å². The number of hydrogen-bond acceptors (Lipinski definition) is 4. The third-order valence-corrected chi connectivity index (χ3v) is 4.38. The third-order valence-electron chi connectivity index (χ3n) is 3.23. The lowest BCUT2D eigenvalue weighted by atomic mass is 10.1. The van der Waals surface area contributed by atoms with E-state index in [4.69, 9.17) is 0 Å². The monoisotopic (exact) mass is 364 g/mol. The minimum absolute atomic E-state index is 0.634. The van der Waals surface area contributed by atoms with Crippen LogP contribution >= 0.6 is 0 Å². The number of hydrogen-bond donors (Lipinski definition) is 1. The van der Waals surface area contributed by atoms with Gasteiger partial charge < -0.3 is 9.84 Å². The van der Waals surface area contributed by atoms with Gasteiger partial charge in [-0.3, -0.25) is 0 Å². The van der Waals surface area contributed by atoms with E-state index in [1.807, 2.05) is 0 Å². The van der Waals surface area contributed by atoms with Gasteiger partial charge in [-0.2, -0.15) is 22.0 Å². The minimum Gasteiger partial charge on any atom is -0.484 e. The maximum absolute atomic E-state index is 13.9. The second-order valence-corrected chi connectivity index (χ2v) is 6.99. The lowest BCUT2D eigenvalue weighted by Gasteiger charge is -2.16. The number of fused-ring (bicyclic) bond motifs is 1. The molecule has 0 heterocycles. The van der Waals surface area contributed by atoms with Crippen LogP contribution in [0, 0.1) is 0 Å². The van der Waals surface area contributed by atoms with Crippen LogP contribution in [0.4, 0.5) is 26.3 Å². The Morgan fingerprint density at radius 1 is 1.26 bits per heavy atom. The second-order valence-electron chi connectivity index (χ2n) is 5.00. The van der Waals surface area contributed by atoms with Gasteiger partial charge in [-0.05, 0) is 12.1 Å². The van der Waals surface area contributed by atoms with Gasteiger partial charge in [0, 0.05) is 17.4 Å². The van der Waals surface area contributed by atoms with Gasteiger partial charge in [0.05, 0.1) is 4.90 Å². The molecule has 0 fully saturated rings. The first-order valence-electron chi connectivity index (χ1n) is 6.03. The Balaban J connectivity index is 2.64. The second kappa shape index (κ2) is 5.26. The maximum Gasteiger partial charge on any atom is 0.422 e. The van der Waals surface area contributed by atoms with Crippen molar-refractivity contribution < 1.29 is 44.6 Å². The summed E-state index contributed by atoms with van der Waals surface area (Å²) in [6, 6.07) is 1.35. The Morgan fingerprint density at radius 3 is 2.30 bits per heavy atom. The molecule has 0 unspecified atom stereocenters. The van der Waals surface area contributed by atoms with Crippen molar-refractivity contribution in [3.8, 4) is 5.75 Å². The van der Waals surface area contributed by atoms with E-state index >= 15 is 0 Å². The third kappa shape index (κ3) is 3.11. The number of ether oxygens (including phenoxy) is 1. The standard InChI is InChI=1S/C12H10F6O4S/c1-23(20,21)6-3-2-5(22-4-11(14,15)16)7-8(6)10(19)12(17,18)9(7)13/h2-3,9-10,19H,4H2,1H3/t9-,10+/m1/s1. The summed E-state index contributed by atoms with van der Waals surface area (Å²) >= 11 is 0. The fraction of sp³-hybridized carbons (Fsp3) is 0.500. The molecule has 0 amide bonds. The van der Waals surface area contributed by atoms with Crippen molar-refractivity contribution in [1.82, 2.24) is 0 Å². The van der Waals surface area contributed by atoms with E-state index in [1.165, 1.54) is 0 Å². The highest BCUT2D eigenvalue weighted by atomic mass is 32.2. The molecule has 1 N–H and O–H groups in total. The summed E-state index contributed by atoms with van der Waals surface area (Å²) in [6.07, 6.45) is -10.2. The number of sulfone groups is 1. The maximum atomic E-state index is 13.9. The van der Waals surface area contributed by atoms with Gasteiger partial charge in [-0.1, -0.05) is 0 Å². The SMILES string of the molecule is CS(=O)(=O)c1ccc(OCC(F)(F)F)c2c1[C@H](O)C(F)(F)[C@@H]2F. The molecule has 0 spiro atoms. The molecular formula is C12H10F6O4S. The van der Waals surface area contributed by atoms with Crippen molar-refractivity contribution in [2.45, 2.75) is 29.3 Å². The van der Waals surface area contributed by atoms with Gasteiger partial charge in [-0.15, -0.1) is 0 Å². The summed E-state index contributed by atoms with van der Waals surface area (Å²) in [7, 11) is -4.13. The van der Waals surface area contributed by atoms with E-state index in [2.05, 4.69) is 4.74 Å². The number of aliphatic hydroxyl groups is 1. The van der Waals surface area contributed by atoms with Crippen LogP contribution in [0.25, 0.3) is 0 Å². The molecule has 0 aromatic heterocycles. The fourth-order valence-corrected chi connectivity index (χ4v) is 3.21. The van der Waals surface area contributed by atoms with Crippen molar-refractivity contribution in [2.75, 3.05) is 12.9 Å². The molecule has 0 saturated carbocycles. The quantitative estimate of drug-likeness (QED) is 0.838. The Morgan fingerprint density at radius 2 is 1.83 bits per heavy atom. The van der Waals surface area contributed by atoms with Crippen molar-refractivity contribution in [1.29, 1.82) is 0 Å². The van der Waals surface area contributed by atoms with E-state index in [1.54, 1.807) is 0 Å². The summed E-state index contributed by atoms with van der Waals surface area (Å²) in [6.45, 7) is -1.88. The van der Waals surface area contributed by atoms with Gasteiger partial charge in [0.25, 0.3) is 0 Å². The molecule has 0 bridgehead atoms. The van der Waals surface area contributed by atoms with E-state index in [-0.39, 0.29) is 0 Å². The van der Waals surface area contributed by atoms with E-state index in [9.17, 15) is 39.9 Å². The van der Waals surface area contributed by atoms with Crippen molar-refractivity contribution >= 4 is 9.84 Å². The summed E-state index contributed by atoms with van der Waals surface area (Å²) < 4.78 is 105. The molecular weight excluding hydrogens is 354 g/mol. The zero-order valence-electron chi connectivity index (χ0n) is 11.4. The van der Waals surface area contributed by atoms with Gasteiger partial charge in [0.2, 0.25) is 0 Å². The van der Waals surface area contributed by atoms with Gasteiger partial charge in [0.1, 0.15) is 11.9 Å². The molecule has 0 aliphatic heterocycles. The smallest absolute Gasteiger partial charge is 0.422 e.